The number of H-pyrrole nitrogens is 1. The number of hydrogen-bond acceptors (Lipinski definition) is 4. The van der Waals surface area contributed by atoms with Crippen LogP contribution in [0.4, 0.5) is 0 Å². The maximum absolute atomic E-state index is 5.81. The van der Waals surface area contributed by atoms with Crippen molar-refractivity contribution < 1.29 is 4.74 Å². The lowest BCUT2D eigenvalue weighted by molar-refractivity contribution is 0.310. The Morgan fingerprint density at radius 2 is 2.04 bits per heavy atom. The van der Waals surface area contributed by atoms with Crippen LogP contribution in [0.15, 0.2) is 61.2 Å². The SMILES string of the molecule is CCOc1ccc(CN(C)Cc2nc3ccccc3[nH]2)cc1Cn1ccnc1. The largest absolute Gasteiger partial charge is 0.494 e. The molecule has 2 aromatic carbocycles. The summed E-state index contributed by atoms with van der Waals surface area (Å²) in [5, 5.41) is 0. The molecule has 2 aromatic heterocycles. The Morgan fingerprint density at radius 1 is 1.14 bits per heavy atom. The highest BCUT2D eigenvalue weighted by atomic mass is 16.5. The first-order chi connectivity index (χ1) is 13.7. The van der Waals surface area contributed by atoms with Crippen molar-refractivity contribution in [2.75, 3.05) is 13.7 Å². The Hall–Kier alpha value is -3.12. The summed E-state index contributed by atoms with van der Waals surface area (Å²) in [4.78, 5) is 14.5. The van der Waals surface area contributed by atoms with Gasteiger partial charge in [-0.1, -0.05) is 18.2 Å². The van der Waals surface area contributed by atoms with Gasteiger partial charge in [0.1, 0.15) is 11.6 Å². The van der Waals surface area contributed by atoms with Crippen LogP contribution < -0.4 is 4.74 Å². The van der Waals surface area contributed by atoms with Crippen molar-refractivity contribution in [2.45, 2.75) is 26.6 Å². The second kappa shape index (κ2) is 8.27. The molecular weight excluding hydrogens is 350 g/mol. The minimum absolute atomic E-state index is 0.655. The lowest BCUT2D eigenvalue weighted by atomic mass is 10.1. The van der Waals surface area contributed by atoms with Gasteiger partial charge in [0, 0.05) is 24.5 Å². The number of aromatic amines is 1. The lowest BCUT2D eigenvalue weighted by Gasteiger charge is -2.17. The van der Waals surface area contributed by atoms with Gasteiger partial charge in [-0.3, -0.25) is 4.90 Å². The molecule has 0 aliphatic heterocycles. The molecule has 6 nitrogen and oxygen atoms in total. The topological polar surface area (TPSA) is 59.0 Å². The molecule has 28 heavy (non-hydrogen) atoms. The van der Waals surface area contributed by atoms with Crippen LogP contribution in [0.2, 0.25) is 0 Å². The van der Waals surface area contributed by atoms with Gasteiger partial charge >= 0.3 is 0 Å². The van der Waals surface area contributed by atoms with Crippen molar-refractivity contribution in [3.8, 4) is 5.75 Å². The number of rotatable bonds is 8. The van der Waals surface area contributed by atoms with Crippen molar-refractivity contribution >= 4 is 11.0 Å². The van der Waals surface area contributed by atoms with Gasteiger partial charge in [0.25, 0.3) is 0 Å². The van der Waals surface area contributed by atoms with Gasteiger partial charge in [0.05, 0.1) is 37.1 Å². The van der Waals surface area contributed by atoms with Gasteiger partial charge in [-0.25, -0.2) is 9.97 Å². The van der Waals surface area contributed by atoms with E-state index in [1.54, 1.807) is 6.20 Å². The third kappa shape index (κ3) is 4.23. The summed E-state index contributed by atoms with van der Waals surface area (Å²) >= 11 is 0. The number of para-hydroxylation sites is 2. The van der Waals surface area contributed by atoms with Crippen LogP contribution in [-0.4, -0.2) is 38.1 Å². The zero-order chi connectivity index (χ0) is 19.3. The van der Waals surface area contributed by atoms with E-state index >= 15 is 0 Å². The number of nitrogens with one attached hydrogen (secondary N) is 1. The minimum Gasteiger partial charge on any atom is -0.494 e. The van der Waals surface area contributed by atoms with Crippen LogP contribution >= 0.6 is 0 Å². The van der Waals surface area contributed by atoms with Crippen LogP contribution in [0, 0.1) is 0 Å². The molecule has 1 N–H and O–H groups in total. The van der Waals surface area contributed by atoms with E-state index < -0.39 is 0 Å². The zero-order valence-electron chi connectivity index (χ0n) is 16.3. The third-order valence-corrected chi connectivity index (χ3v) is 4.65. The molecule has 0 aliphatic rings. The second-order valence-corrected chi connectivity index (χ2v) is 6.98. The van der Waals surface area contributed by atoms with E-state index in [1.807, 2.05) is 37.6 Å². The number of imidazole rings is 2. The summed E-state index contributed by atoms with van der Waals surface area (Å²) in [7, 11) is 2.11. The number of ether oxygens (including phenoxy) is 1. The Kier molecular flexibility index (Phi) is 5.39. The average Bonchev–Trinajstić information content (AvgIpc) is 3.32. The van der Waals surface area contributed by atoms with E-state index in [0.717, 1.165) is 47.8 Å². The first-order valence-electron chi connectivity index (χ1n) is 9.54. The number of fused-ring (bicyclic) bond motifs is 1. The molecule has 6 heteroatoms. The molecule has 0 bridgehead atoms. The molecule has 0 fully saturated rings. The van der Waals surface area contributed by atoms with Crippen LogP contribution in [0.5, 0.6) is 5.75 Å². The summed E-state index contributed by atoms with van der Waals surface area (Å²) < 4.78 is 7.87. The Labute approximate surface area is 164 Å². The van der Waals surface area contributed by atoms with E-state index in [0.29, 0.717) is 6.61 Å². The van der Waals surface area contributed by atoms with Gasteiger partial charge in [0.2, 0.25) is 0 Å². The molecule has 144 valence electrons. The predicted octanol–water partition coefficient (Wildman–Crippen LogP) is 3.84. The summed E-state index contributed by atoms with van der Waals surface area (Å²) in [6.07, 6.45) is 5.59. The quantitative estimate of drug-likeness (QED) is 0.508. The molecule has 0 radical (unpaired) electrons. The lowest BCUT2D eigenvalue weighted by Crippen LogP contribution is -2.18. The van der Waals surface area contributed by atoms with E-state index in [9.17, 15) is 0 Å². The Bertz CT molecular complexity index is 1010. The van der Waals surface area contributed by atoms with E-state index in [-0.39, 0.29) is 0 Å². The fourth-order valence-corrected chi connectivity index (χ4v) is 3.43. The number of benzene rings is 2. The molecule has 0 amide bonds. The smallest absolute Gasteiger partial charge is 0.124 e. The fourth-order valence-electron chi connectivity index (χ4n) is 3.43. The number of aromatic nitrogens is 4. The molecule has 2 heterocycles. The molecular formula is C22H25N5O. The molecule has 0 spiro atoms. The van der Waals surface area contributed by atoms with E-state index in [4.69, 9.17) is 4.74 Å². The Balaban J connectivity index is 1.48. The first kappa shape index (κ1) is 18.3. The third-order valence-electron chi connectivity index (χ3n) is 4.65. The molecule has 4 aromatic rings. The fraction of sp³-hybridized carbons (Fsp3) is 0.273. The van der Waals surface area contributed by atoms with Crippen molar-refractivity contribution in [3.63, 3.8) is 0 Å². The van der Waals surface area contributed by atoms with E-state index in [2.05, 4.69) is 55.7 Å². The van der Waals surface area contributed by atoms with Gasteiger partial charge in [-0.2, -0.15) is 0 Å². The van der Waals surface area contributed by atoms with Crippen molar-refractivity contribution in [1.82, 2.24) is 24.4 Å². The van der Waals surface area contributed by atoms with Crippen molar-refractivity contribution in [2.24, 2.45) is 0 Å². The summed E-state index contributed by atoms with van der Waals surface area (Å²) in [6.45, 7) is 5.01. The van der Waals surface area contributed by atoms with Crippen molar-refractivity contribution in [1.29, 1.82) is 0 Å². The van der Waals surface area contributed by atoms with Crippen molar-refractivity contribution in [3.05, 3.63) is 78.1 Å². The summed E-state index contributed by atoms with van der Waals surface area (Å²) in [6, 6.07) is 14.6. The van der Waals surface area contributed by atoms with Gasteiger partial charge in [-0.05, 0) is 43.8 Å². The van der Waals surface area contributed by atoms with Gasteiger partial charge in [-0.15, -0.1) is 0 Å². The minimum atomic E-state index is 0.655. The summed E-state index contributed by atoms with van der Waals surface area (Å²) in [5.74, 6) is 1.91. The maximum atomic E-state index is 5.81. The molecule has 0 atom stereocenters. The predicted molar refractivity (Wildman–Crippen MR) is 110 cm³/mol. The first-order valence-corrected chi connectivity index (χ1v) is 9.54. The van der Waals surface area contributed by atoms with Gasteiger partial charge in [0.15, 0.2) is 0 Å². The van der Waals surface area contributed by atoms with Crippen LogP contribution in [0.3, 0.4) is 0 Å². The average molecular weight is 375 g/mol. The molecule has 0 saturated carbocycles. The highest BCUT2D eigenvalue weighted by Gasteiger charge is 2.10. The van der Waals surface area contributed by atoms with E-state index in [1.165, 1.54) is 5.56 Å². The Morgan fingerprint density at radius 3 is 2.82 bits per heavy atom. The highest BCUT2D eigenvalue weighted by molar-refractivity contribution is 5.74. The standard InChI is InChI=1S/C22H25N5O/c1-3-28-21-9-8-17(12-18(21)14-27-11-10-23-16-27)13-26(2)15-22-24-19-6-4-5-7-20(19)25-22/h4-12,16H,3,13-15H2,1-2H3,(H,24,25). The summed E-state index contributed by atoms with van der Waals surface area (Å²) in [5.41, 5.74) is 4.50. The number of hydrogen-bond donors (Lipinski definition) is 1. The zero-order valence-corrected chi connectivity index (χ0v) is 16.3. The van der Waals surface area contributed by atoms with Gasteiger partial charge < -0.3 is 14.3 Å². The van der Waals surface area contributed by atoms with Crippen LogP contribution in [0.25, 0.3) is 11.0 Å². The monoisotopic (exact) mass is 375 g/mol. The molecule has 0 saturated heterocycles. The second-order valence-electron chi connectivity index (χ2n) is 6.98. The van der Waals surface area contributed by atoms with Crippen LogP contribution in [-0.2, 0) is 19.6 Å². The molecule has 0 unspecified atom stereocenters. The number of nitrogens with zero attached hydrogens (tertiary/aromatic N) is 4. The molecule has 4 rings (SSSR count). The molecule has 0 aliphatic carbocycles. The van der Waals surface area contributed by atoms with Crippen LogP contribution in [0.1, 0.15) is 23.9 Å². The highest BCUT2D eigenvalue weighted by Crippen LogP contribution is 2.22. The maximum Gasteiger partial charge on any atom is 0.124 e. The normalized spacial score (nSPS) is 11.4.